The van der Waals surface area contributed by atoms with Crippen molar-refractivity contribution < 1.29 is 9.84 Å². The van der Waals surface area contributed by atoms with Crippen LogP contribution < -0.4 is 4.74 Å². The van der Waals surface area contributed by atoms with Crippen molar-refractivity contribution in [3.63, 3.8) is 0 Å². The summed E-state index contributed by atoms with van der Waals surface area (Å²) < 4.78 is 5.90. The molecule has 1 aliphatic carbocycles. The maximum Gasteiger partial charge on any atom is 0.123 e. The molecule has 0 aliphatic heterocycles. The lowest BCUT2D eigenvalue weighted by Gasteiger charge is -2.43. The Morgan fingerprint density at radius 1 is 0.684 bits per heavy atom. The molecule has 1 unspecified atom stereocenters. The van der Waals surface area contributed by atoms with Crippen LogP contribution in [0.4, 0.5) is 0 Å². The van der Waals surface area contributed by atoms with E-state index in [4.69, 9.17) is 4.74 Å². The second-order valence-electron chi connectivity index (χ2n) is 9.89. The molecule has 38 heavy (non-hydrogen) atoms. The Hall–Kier alpha value is -4.76. The van der Waals surface area contributed by atoms with Gasteiger partial charge in [-0.25, -0.2) is 0 Å². The molecule has 3 heteroatoms. The molecule has 0 bridgehead atoms. The molecule has 6 aromatic rings. The normalized spacial score (nSPS) is 15.6. The van der Waals surface area contributed by atoms with E-state index in [1.165, 1.54) is 22.1 Å². The van der Waals surface area contributed by atoms with Gasteiger partial charge in [0.05, 0.1) is 12.5 Å². The second-order valence-corrected chi connectivity index (χ2v) is 9.89. The maximum atomic E-state index is 10.9. The van der Waals surface area contributed by atoms with Crippen molar-refractivity contribution >= 4 is 10.9 Å². The van der Waals surface area contributed by atoms with Gasteiger partial charge >= 0.3 is 0 Å². The van der Waals surface area contributed by atoms with Gasteiger partial charge in [0.2, 0.25) is 0 Å². The number of phenolic OH excluding ortho intramolecular Hbond substituents is 1. The van der Waals surface area contributed by atoms with Crippen molar-refractivity contribution in [1.29, 1.82) is 0 Å². The van der Waals surface area contributed by atoms with E-state index < -0.39 is 5.41 Å². The van der Waals surface area contributed by atoms with Gasteiger partial charge in [0.25, 0.3) is 0 Å². The van der Waals surface area contributed by atoms with Crippen molar-refractivity contribution in [1.82, 2.24) is 4.98 Å². The number of rotatable bonds is 4. The standard InChI is InChI=1S/C35H27NO2/c1-38-31-19-11-9-17-27(31)32-28-22-25(37)20-21-29(28)35(23-12-4-2-5-13-23,24-14-6-3-7-15-24)34-33(32)26-16-8-10-18-30(26)36-34/h2-22,32,36-37H,1H3. The van der Waals surface area contributed by atoms with Crippen LogP contribution in [-0.4, -0.2) is 17.2 Å². The number of nitrogens with one attached hydrogen (secondary N) is 1. The lowest BCUT2D eigenvalue weighted by atomic mass is 9.58. The quantitative estimate of drug-likeness (QED) is 0.263. The molecule has 0 fully saturated rings. The predicted molar refractivity (Wildman–Crippen MR) is 152 cm³/mol. The summed E-state index contributed by atoms with van der Waals surface area (Å²) in [5, 5.41) is 12.0. The SMILES string of the molecule is COc1ccccc1C1c2cc(O)ccc2C(c2ccccc2)(c2ccccc2)c2[nH]c3ccccc3c21. The number of methoxy groups -OCH3 is 1. The zero-order chi connectivity index (χ0) is 25.7. The minimum absolute atomic E-state index is 0.139. The molecule has 3 nitrogen and oxygen atoms in total. The summed E-state index contributed by atoms with van der Waals surface area (Å²) in [6.07, 6.45) is 0. The molecule has 0 saturated heterocycles. The minimum Gasteiger partial charge on any atom is -0.508 e. The lowest BCUT2D eigenvalue weighted by Crippen LogP contribution is -2.37. The zero-order valence-electron chi connectivity index (χ0n) is 21.1. The van der Waals surface area contributed by atoms with Crippen LogP contribution in [0.3, 0.4) is 0 Å². The molecule has 1 aliphatic rings. The molecule has 1 heterocycles. The van der Waals surface area contributed by atoms with Crippen molar-refractivity contribution in [2.75, 3.05) is 7.11 Å². The van der Waals surface area contributed by atoms with Gasteiger partial charge in [0.1, 0.15) is 11.5 Å². The number of fused-ring (bicyclic) bond motifs is 4. The van der Waals surface area contributed by atoms with Gasteiger partial charge in [-0.2, -0.15) is 0 Å². The summed E-state index contributed by atoms with van der Waals surface area (Å²) >= 11 is 0. The van der Waals surface area contributed by atoms with Crippen molar-refractivity contribution in [2.24, 2.45) is 0 Å². The van der Waals surface area contributed by atoms with Crippen molar-refractivity contribution in [2.45, 2.75) is 11.3 Å². The fourth-order valence-corrected chi connectivity index (χ4v) is 6.55. The van der Waals surface area contributed by atoms with Crippen LogP contribution in [0.25, 0.3) is 10.9 Å². The number of aromatic amines is 1. The second kappa shape index (κ2) is 8.67. The van der Waals surface area contributed by atoms with Gasteiger partial charge in [-0.05, 0) is 52.1 Å². The van der Waals surface area contributed by atoms with Gasteiger partial charge in [-0.3, -0.25) is 0 Å². The number of hydrogen-bond donors (Lipinski definition) is 2. The van der Waals surface area contributed by atoms with E-state index in [1.807, 2.05) is 24.3 Å². The molecule has 1 atom stereocenters. The Labute approximate surface area is 222 Å². The number of ether oxygens (including phenoxy) is 1. The van der Waals surface area contributed by atoms with Gasteiger partial charge < -0.3 is 14.8 Å². The molecule has 0 saturated carbocycles. The van der Waals surface area contributed by atoms with E-state index >= 15 is 0 Å². The first kappa shape index (κ1) is 22.4. The number of phenols is 1. The Morgan fingerprint density at radius 3 is 2.03 bits per heavy atom. The third-order valence-corrected chi connectivity index (χ3v) is 8.02. The fourth-order valence-electron chi connectivity index (χ4n) is 6.55. The van der Waals surface area contributed by atoms with Crippen LogP contribution in [0.2, 0.25) is 0 Å². The van der Waals surface area contributed by atoms with E-state index in [0.29, 0.717) is 0 Å². The Balaban J connectivity index is 1.71. The summed E-state index contributed by atoms with van der Waals surface area (Å²) in [5.74, 6) is 0.942. The van der Waals surface area contributed by atoms with Crippen LogP contribution in [-0.2, 0) is 5.41 Å². The highest BCUT2D eigenvalue weighted by atomic mass is 16.5. The minimum atomic E-state index is -0.613. The summed E-state index contributed by atoms with van der Waals surface area (Å²) in [6.45, 7) is 0. The van der Waals surface area contributed by atoms with E-state index in [9.17, 15) is 5.11 Å². The van der Waals surface area contributed by atoms with Gasteiger partial charge in [0, 0.05) is 28.1 Å². The third kappa shape index (κ3) is 3.08. The zero-order valence-corrected chi connectivity index (χ0v) is 21.1. The number of para-hydroxylation sites is 2. The van der Waals surface area contributed by atoms with Crippen LogP contribution in [0.5, 0.6) is 11.5 Å². The van der Waals surface area contributed by atoms with Gasteiger partial charge in [0.15, 0.2) is 0 Å². The van der Waals surface area contributed by atoms with Gasteiger partial charge in [-0.1, -0.05) is 103 Å². The number of H-pyrrole nitrogens is 1. The highest BCUT2D eigenvalue weighted by Crippen LogP contribution is 2.58. The molecule has 184 valence electrons. The predicted octanol–water partition coefficient (Wildman–Crippen LogP) is 7.76. The fraction of sp³-hybridized carbons (Fsp3) is 0.0857. The number of aromatic nitrogens is 1. The molecule has 1 aromatic heterocycles. The lowest BCUT2D eigenvalue weighted by molar-refractivity contribution is 0.408. The first-order chi connectivity index (χ1) is 18.7. The van der Waals surface area contributed by atoms with E-state index in [2.05, 4.69) is 108 Å². The molecule has 2 N–H and O–H groups in total. The number of hydrogen-bond acceptors (Lipinski definition) is 2. The smallest absolute Gasteiger partial charge is 0.123 e. The maximum absolute atomic E-state index is 10.9. The third-order valence-electron chi connectivity index (χ3n) is 8.02. The molecule has 7 rings (SSSR count). The van der Waals surface area contributed by atoms with Crippen molar-refractivity contribution in [3.05, 3.63) is 166 Å². The van der Waals surface area contributed by atoms with Crippen LogP contribution in [0.1, 0.15) is 45.0 Å². The first-order valence-corrected chi connectivity index (χ1v) is 12.9. The number of aromatic hydroxyl groups is 1. The van der Waals surface area contributed by atoms with Gasteiger partial charge in [-0.15, -0.1) is 0 Å². The molecule has 0 spiro atoms. The molecule has 5 aromatic carbocycles. The Kier molecular flexibility index (Phi) is 5.12. The average Bonchev–Trinajstić information content (AvgIpc) is 3.36. The Bertz CT molecular complexity index is 1730. The molecular weight excluding hydrogens is 466 g/mol. The highest BCUT2D eigenvalue weighted by molar-refractivity contribution is 5.90. The van der Waals surface area contributed by atoms with Crippen molar-refractivity contribution in [3.8, 4) is 11.5 Å². The van der Waals surface area contributed by atoms with E-state index in [-0.39, 0.29) is 11.7 Å². The summed E-state index contributed by atoms with van der Waals surface area (Å²) in [5.41, 5.74) is 8.45. The largest absolute Gasteiger partial charge is 0.508 e. The number of benzene rings is 5. The monoisotopic (exact) mass is 493 g/mol. The Morgan fingerprint density at radius 2 is 1.32 bits per heavy atom. The first-order valence-electron chi connectivity index (χ1n) is 12.9. The van der Waals surface area contributed by atoms with Crippen LogP contribution in [0.15, 0.2) is 127 Å². The average molecular weight is 494 g/mol. The van der Waals surface area contributed by atoms with Crippen LogP contribution >= 0.6 is 0 Å². The topological polar surface area (TPSA) is 45.2 Å². The molecule has 0 amide bonds. The highest BCUT2D eigenvalue weighted by Gasteiger charge is 2.49. The van der Waals surface area contributed by atoms with E-state index in [1.54, 1.807) is 7.11 Å². The van der Waals surface area contributed by atoms with E-state index in [0.717, 1.165) is 33.7 Å². The molecular formula is C35H27NO2. The summed E-state index contributed by atoms with van der Waals surface area (Å²) in [6, 6.07) is 44.0. The summed E-state index contributed by atoms with van der Waals surface area (Å²) in [7, 11) is 1.72. The summed E-state index contributed by atoms with van der Waals surface area (Å²) in [4.78, 5) is 3.89. The van der Waals surface area contributed by atoms with Crippen LogP contribution in [0, 0.1) is 0 Å². The molecule has 0 radical (unpaired) electrons.